The summed E-state index contributed by atoms with van der Waals surface area (Å²) in [4.78, 5) is 39.1. The summed E-state index contributed by atoms with van der Waals surface area (Å²) >= 11 is 0. The van der Waals surface area contributed by atoms with E-state index in [1.807, 2.05) is 0 Å². The third-order valence-corrected chi connectivity index (χ3v) is 4.27. The number of carboxylic acid groups (broad SMARTS) is 1. The summed E-state index contributed by atoms with van der Waals surface area (Å²) in [5, 5.41) is 9.33. The van der Waals surface area contributed by atoms with Crippen LogP contribution in [-0.2, 0) is 14.3 Å². The molecule has 0 bridgehead atoms. The average Bonchev–Trinajstić information content (AvgIpc) is 2.84. The van der Waals surface area contributed by atoms with Crippen LogP contribution in [0, 0.1) is 0 Å². The summed E-state index contributed by atoms with van der Waals surface area (Å²) < 4.78 is 5.35. The molecule has 0 aromatic rings. The minimum Gasteiger partial charge on any atom is -0.480 e. The molecule has 0 saturated carbocycles. The average molecular weight is 326 g/mol. The summed E-state index contributed by atoms with van der Waals surface area (Å²) in [6, 6.07) is -0.798. The Morgan fingerprint density at radius 1 is 1.17 bits per heavy atom. The molecule has 130 valence electrons. The van der Waals surface area contributed by atoms with Gasteiger partial charge in [0.1, 0.15) is 18.2 Å². The molecule has 2 rings (SSSR count). The number of amides is 2. The SMILES string of the molecule is CC(C)(C)OC(=O)N1CCCC[C@@H]2CC[C@@H](C(=O)O)N2C(=O)C1. The number of ether oxygens (including phenoxy) is 1. The Balaban J connectivity index is 2.13. The molecule has 7 nitrogen and oxygen atoms in total. The molecular weight excluding hydrogens is 300 g/mol. The van der Waals surface area contributed by atoms with E-state index in [0.29, 0.717) is 13.0 Å². The first kappa shape index (κ1) is 17.6. The molecular formula is C16H26N2O5. The zero-order valence-electron chi connectivity index (χ0n) is 14.1. The third-order valence-electron chi connectivity index (χ3n) is 4.27. The minimum absolute atomic E-state index is 0.0258. The fourth-order valence-corrected chi connectivity index (χ4v) is 3.28. The molecule has 0 unspecified atom stereocenters. The van der Waals surface area contributed by atoms with Gasteiger partial charge in [0.15, 0.2) is 0 Å². The Morgan fingerprint density at radius 2 is 1.87 bits per heavy atom. The van der Waals surface area contributed by atoms with E-state index in [2.05, 4.69) is 0 Å². The third kappa shape index (κ3) is 4.36. The lowest BCUT2D eigenvalue weighted by Crippen LogP contribution is -2.50. The zero-order chi connectivity index (χ0) is 17.2. The molecule has 2 heterocycles. The van der Waals surface area contributed by atoms with Gasteiger partial charge in [-0.2, -0.15) is 0 Å². The van der Waals surface area contributed by atoms with Gasteiger partial charge in [-0.25, -0.2) is 9.59 Å². The molecule has 2 saturated heterocycles. The number of carboxylic acids is 1. The second-order valence-electron chi connectivity index (χ2n) is 7.28. The van der Waals surface area contributed by atoms with Gasteiger partial charge in [-0.3, -0.25) is 9.69 Å². The molecule has 2 fully saturated rings. The highest BCUT2D eigenvalue weighted by atomic mass is 16.6. The van der Waals surface area contributed by atoms with E-state index >= 15 is 0 Å². The summed E-state index contributed by atoms with van der Waals surface area (Å²) in [5.74, 6) is -1.27. The van der Waals surface area contributed by atoms with E-state index in [9.17, 15) is 19.5 Å². The Bertz CT molecular complexity index is 485. The number of hydrogen-bond donors (Lipinski definition) is 1. The first-order valence-electron chi connectivity index (χ1n) is 8.21. The second-order valence-corrected chi connectivity index (χ2v) is 7.28. The van der Waals surface area contributed by atoms with Crippen molar-refractivity contribution in [1.82, 2.24) is 9.80 Å². The van der Waals surface area contributed by atoms with E-state index in [0.717, 1.165) is 25.7 Å². The highest BCUT2D eigenvalue weighted by Gasteiger charge is 2.41. The summed E-state index contributed by atoms with van der Waals surface area (Å²) in [6.07, 6.45) is 3.12. The Kier molecular flexibility index (Phi) is 5.16. The van der Waals surface area contributed by atoms with Gasteiger partial charge < -0.3 is 14.7 Å². The van der Waals surface area contributed by atoms with Crippen LogP contribution in [0.4, 0.5) is 4.79 Å². The maximum Gasteiger partial charge on any atom is 0.410 e. The number of carbonyl (C=O) groups is 3. The van der Waals surface area contributed by atoms with Gasteiger partial charge in [-0.15, -0.1) is 0 Å². The molecule has 2 aliphatic rings. The largest absolute Gasteiger partial charge is 0.480 e. The van der Waals surface area contributed by atoms with Crippen molar-refractivity contribution in [2.24, 2.45) is 0 Å². The number of nitrogens with zero attached hydrogens (tertiary/aromatic N) is 2. The summed E-state index contributed by atoms with van der Waals surface area (Å²) in [7, 11) is 0. The van der Waals surface area contributed by atoms with E-state index in [4.69, 9.17) is 4.74 Å². The predicted octanol–water partition coefficient (Wildman–Crippen LogP) is 1.85. The fourth-order valence-electron chi connectivity index (χ4n) is 3.28. The smallest absolute Gasteiger partial charge is 0.410 e. The molecule has 0 radical (unpaired) electrons. The second kappa shape index (κ2) is 6.76. The Labute approximate surface area is 136 Å². The molecule has 1 N–H and O–H groups in total. The first-order chi connectivity index (χ1) is 10.7. The van der Waals surface area contributed by atoms with Gasteiger partial charge >= 0.3 is 12.1 Å². The van der Waals surface area contributed by atoms with E-state index in [-0.39, 0.29) is 18.5 Å². The van der Waals surface area contributed by atoms with Gasteiger partial charge in [0.25, 0.3) is 0 Å². The van der Waals surface area contributed by atoms with Crippen molar-refractivity contribution in [2.75, 3.05) is 13.1 Å². The topological polar surface area (TPSA) is 87.2 Å². The number of hydrogen-bond acceptors (Lipinski definition) is 4. The number of fused-ring (bicyclic) bond motifs is 1. The van der Waals surface area contributed by atoms with Crippen LogP contribution in [0.5, 0.6) is 0 Å². The first-order valence-corrected chi connectivity index (χ1v) is 8.21. The molecule has 0 aromatic heterocycles. The van der Waals surface area contributed by atoms with Crippen LogP contribution >= 0.6 is 0 Å². The minimum atomic E-state index is -0.969. The highest BCUT2D eigenvalue weighted by molar-refractivity contribution is 5.87. The number of carbonyl (C=O) groups excluding carboxylic acids is 2. The van der Waals surface area contributed by atoms with E-state index in [1.54, 1.807) is 20.8 Å². The van der Waals surface area contributed by atoms with Gasteiger partial charge in [0, 0.05) is 12.6 Å². The normalized spacial score (nSPS) is 26.1. The Hall–Kier alpha value is -1.79. The monoisotopic (exact) mass is 326 g/mol. The van der Waals surface area contributed by atoms with Crippen molar-refractivity contribution in [3.63, 3.8) is 0 Å². The molecule has 2 aliphatic heterocycles. The Morgan fingerprint density at radius 3 is 2.48 bits per heavy atom. The molecule has 0 aromatic carbocycles. The van der Waals surface area contributed by atoms with Crippen molar-refractivity contribution < 1.29 is 24.2 Å². The molecule has 7 heteroatoms. The van der Waals surface area contributed by atoms with Crippen LogP contribution in [-0.4, -0.2) is 63.7 Å². The molecule has 23 heavy (non-hydrogen) atoms. The van der Waals surface area contributed by atoms with Crippen LogP contribution in [0.2, 0.25) is 0 Å². The quantitative estimate of drug-likeness (QED) is 0.794. The lowest BCUT2D eigenvalue weighted by Gasteiger charge is -2.30. The summed E-state index contributed by atoms with van der Waals surface area (Å²) in [5.41, 5.74) is -0.627. The molecule has 0 aliphatic carbocycles. The highest BCUT2D eigenvalue weighted by Crippen LogP contribution is 2.29. The van der Waals surface area contributed by atoms with Crippen LogP contribution in [0.1, 0.15) is 52.9 Å². The van der Waals surface area contributed by atoms with Crippen molar-refractivity contribution in [3.05, 3.63) is 0 Å². The zero-order valence-corrected chi connectivity index (χ0v) is 14.1. The van der Waals surface area contributed by atoms with Crippen molar-refractivity contribution in [2.45, 2.75) is 70.6 Å². The molecule has 0 spiro atoms. The standard InChI is InChI=1S/C16H26N2O5/c1-16(2,3)23-15(22)17-9-5-4-6-11-7-8-12(14(20)21)18(11)13(19)10-17/h11-12H,4-10H2,1-3H3,(H,20,21)/t11-,12+/m1/s1. The molecule has 2 amide bonds. The van der Waals surface area contributed by atoms with Crippen molar-refractivity contribution >= 4 is 18.0 Å². The van der Waals surface area contributed by atoms with Gasteiger partial charge in [0.2, 0.25) is 5.91 Å². The van der Waals surface area contributed by atoms with Crippen LogP contribution < -0.4 is 0 Å². The number of rotatable bonds is 1. The van der Waals surface area contributed by atoms with Gasteiger partial charge in [0.05, 0.1) is 0 Å². The summed E-state index contributed by atoms with van der Waals surface area (Å²) in [6.45, 7) is 5.67. The van der Waals surface area contributed by atoms with Crippen molar-refractivity contribution in [1.29, 1.82) is 0 Å². The van der Waals surface area contributed by atoms with E-state index < -0.39 is 23.7 Å². The lowest BCUT2D eigenvalue weighted by atomic mass is 10.1. The van der Waals surface area contributed by atoms with E-state index in [1.165, 1.54) is 9.80 Å². The van der Waals surface area contributed by atoms with Gasteiger partial charge in [-0.05, 0) is 52.9 Å². The van der Waals surface area contributed by atoms with Crippen LogP contribution in [0.25, 0.3) is 0 Å². The van der Waals surface area contributed by atoms with Crippen molar-refractivity contribution in [3.8, 4) is 0 Å². The van der Waals surface area contributed by atoms with Crippen LogP contribution in [0.15, 0.2) is 0 Å². The maximum absolute atomic E-state index is 12.6. The van der Waals surface area contributed by atoms with Gasteiger partial charge in [-0.1, -0.05) is 0 Å². The maximum atomic E-state index is 12.6. The van der Waals surface area contributed by atoms with Crippen LogP contribution in [0.3, 0.4) is 0 Å². The fraction of sp³-hybridized carbons (Fsp3) is 0.812. The predicted molar refractivity (Wildman–Crippen MR) is 82.9 cm³/mol. The lowest BCUT2D eigenvalue weighted by molar-refractivity contribution is -0.150. The number of aliphatic carboxylic acids is 1. The molecule has 2 atom stereocenters.